The number of carbonyl (C=O) groups excluding carboxylic acids is 2. The Hall–Kier alpha value is -1.66. The van der Waals surface area contributed by atoms with Gasteiger partial charge in [-0.2, -0.15) is 0 Å². The van der Waals surface area contributed by atoms with E-state index in [1.54, 1.807) is 0 Å². The van der Waals surface area contributed by atoms with Gasteiger partial charge in [0, 0.05) is 62.4 Å². The van der Waals surface area contributed by atoms with Crippen molar-refractivity contribution in [1.29, 1.82) is 0 Å². The second-order valence-corrected chi connectivity index (χ2v) is 9.57. The molecule has 2 saturated heterocycles. The lowest BCUT2D eigenvalue weighted by molar-refractivity contribution is -0.137. The van der Waals surface area contributed by atoms with E-state index in [9.17, 15) is 9.59 Å². The molecular formula is C24H42N4O2. The molecule has 2 amide bonds. The highest BCUT2D eigenvalue weighted by molar-refractivity contribution is 5.88. The van der Waals surface area contributed by atoms with Crippen LogP contribution in [0.4, 0.5) is 0 Å². The van der Waals surface area contributed by atoms with Gasteiger partial charge in [-0.3, -0.25) is 19.4 Å². The summed E-state index contributed by atoms with van der Waals surface area (Å²) >= 11 is 0. The molecule has 2 fully saturated rings. The first-order chi connectivity index (χ1) is 14.1. The Balaban J connectivity index is 2.19. The van der Waals surface area contributed by atoms with Crippen LogP contribution in [0.1, 0.15) is 54.4 Å². The summed E-state index contributed by atoms with van der Waals surface area (Å²) in [5.74, 6) is 0.0195. The molecule has 0 saturated carbocycles. The van der Waals surface area contributed by atoms with E-state index in [-0.39, 0.29) is 29.9 Å². The molecular weight excluding hydrogens is 376 g/mol. The highest BCUT2D eigenvalue weighted by Crippen LogP contribution is 2.26. The van der Waals surface area contributed by atoms with Crippen LogP contribution in [0.5, 0.6) is 0 Å². The third-order valence-corrected chi connectivity index (χ3v) is 6.82. The van der Waals surface area contributed by atoms with Crippen LogP contribution in [0, 0.1) is 0 Å². The van der Waals surface area contributed by atoms with Crippen molar-refractivity contribution >= 4 is 11.8 Å². The Morgan fingerprint density at radius 2 is 1.43 bits per heavy atom. The summed E-state index contributed by atoms with van der Waals surface area (Å²) in [4.78, 5) is 34.1. The van der Waals surface area contributed by atoms with E-state index in [4.69, 9.17) is 0 Å². The minimum absolute atomic E-state index is 0.00935. The molecule has 0 bridgehead atoms. The average Bonchev–Trinajstić information content (AvgIpc) is 2.70. The first kappa shape index (κ1) is 24.6. The fourth-order valence-corrected chi connectivity index (χ4v) is 5.17. The molecule has 4 atom stereocenters. The van der Waals surface area contributed by atoms with Crippen LogP contribution in [0.2, 0.25) is 0 Å². The first-order valence-electron chi connectivity index (χ1n) is 11.5. The number of hydrogen-bond donors (Lipinski definition) is 0. The Morgan fingerprint density at radius 3 is 1.97 bits per heavy atom. The maximum Gasteiger partial charge on any atom is 0.246 e. The number of hydrogen-bond acceptors (Lipinski definition) is 4. The largest absolute Gasteiger partial charge is 0.333 e. The zero-order valence-corrected chi connectivity index (χ0v) is 19.9. The van der Waals surface area contributed by atoms with Gasteiger partial charge in [0.2, 0.25) is 11.8 Å². The van der Waals surface area contributed by atoms with Crippen molar-refractivity contribution in [3.8, 4) is 0 Å². The average molecular weight is 419 g/mol. The van der Waals surface area contributed by atoms with Crippen molar-refractivity contribution in [2.45, 2.75) is 90.6 Å². The zero-order chi connectivity index (χ0) is 22.6. The van der Waals surface area contributed by atoms with Gasteiger partial charge in [0.05, 0.1) is 0 Å². The molecule has 6 heteroatoms. The van der Waals surface area contributed by atoms with E-state index in [0.29, 0.717) is 18.1 Å². The molecule has 2 rings (SSSR count). The molecule has 0 aromatic heterocycles. The molecule has 6 nitrogen and oxygen atoms in total. The SMILES string of the molecule is C=CC(=O)N1C[C@H](C)N(C(C)C)C[C@H]1CC[C@H]1CN(C(C)C)C[C@@H](C)N1C(=O)C=C. The maximum absolute atomic E-state index is 12.6. The molecule has 170 valence electrons. The molecule has 0 N–H and O–H groups in total. The van der Waals surface area contributed by atoms with E-state index in [1.807, 2.05) is 9.80 Å². The minimum atomic E-state index is 0.00935. The minimum Gasteiger partial charge on any atom is -0.333 e. The predicted molar refractivity (Wildman–Crippen MR) is 123 cm³/mol. The molecule has 2 heterocycles. The lowest BCUT2D eigenvalue weighted by atomic mass is 9.95. The molecule has 0 radical (unpaired) electrons. The summed E-state index contributed by atoms with van der Waals surface area (Å²) in [6, 6.07) is 1.64. The monoisotopic (exact) mass is 418 g/mol. The fraction of sp³-hybridized carbons (Fsp3) is 0.750. The van der Waals surface area contributed by atoms with E-state index in [2.05, 4.69) is 64.5 Å². The molecule has 0 unspecified atom stereocenters. The summed E-state index contributed by atoms with van der Waals surface area (Å²) in [7, 11) is 0. The van der Waals surface area contributed by atoms with Crippen molar-refractivity contribution in [3.05, 3.63) is 25.3 Å². The zero-order valence-electron chi connectivity index (χ0n) is 19.9. The molecule has 0 aromatic rings. The Morgan fingerprint density at radius 1 is 0.833 bits per heavy atom. The molecule has 30 heavy (non-hydrogen) atoms. The third kappa shape index (κ3) is 5.52. The summed E-state index contributed by atoms with van der Waals surface area (Å²) in [5.41, 5.74) is 0. The van der Waals surface area contributed by atoms with Gasteiger partial charge in [0.15, 0.2) is 0 Å². The maximum atomic E-state index is 12.6. The molecule has 2 aliphatic heterocycles. The van der Waals surface area contributed by atoms with E-state index in [1.165, 1.54) is 12.2 Å². The van der Waals surface area contributed by atoms with Crippen molar-refractivity contribution in [2.24, 2.45) is 0 Å². The van der Waals surface area contributed by atoms with Crippen molar-refractivity contribution < 1.29 is 9.59 Å². The van der Waals surface area contributed by atoms with Gasteiger partial charge in [-0.15, -0.1) is 0 Å². The Bertz CT molecular complexity index is 633. The summed E-state index contributed by atoms with van der Waals surface area (Å²) in [5, 5.41) is 0. The van der Waals surface area contributed by atoms with Gasteiger partial charge in [0.25, 0.3) is 0 Å². The van der Waals surface area contributed by atoms with Crippen LogP contribution < -0.4 is 0 Å². The molecule has 0 spiro atoms. The molecule has 0 aromatic carbocycles. The quantitative estimate of drug-likeness (QED) is 0.597. The number of amides is 2. The lowest BCUT2D eigenvalue weighted by Gasteiger charge is -2.49. The fourth-order valence-electron chi connectivity index (χ4n) is 5.17. The van der Waals surface area contributed by atoms with E-state index < -0.39 is 0 Å². The van der Waals surface area contributed by atoms with Crippen LogP contribution in [0.3, 0.4) is 0 Å². The second kappa shape index (κ2) is 10.6. The van der Waals surface area contributed by atoms with Gasteiger partial charge in [0.1, 0.15) is 0 Å². The van der Waals surface area contributed by atoms with Gasteiger partial charge in [-0.25, -0.2) is 0 Å². The Labute approximate surface area is 183 Å². The number of rotatable bonds is 7. The number of nitrogens with zero attached hydrogens (tertiary/aromatic N) is 4. The lowest BCUT2D eigenvalue weighted by Crippen LogP contribution is -2.62. The Kier molecular flexibility index (Phi) is 8.68. The smallest absolute Gasteiger partial charge is 0.246 e. The second-order valence-electron chi connectivity index (χ2n) is 9.57. The van der Waals surface area contributed by atoms with Crippen LogP contribution in [0.25, 0.3) is 0 Å². The van der Waals surface area contributed by atoms with Crippen LogP contribution >= 0.6 is 0 Å². The van der Waals surface area contributed by atoms with Crippen molar-refractivity contribution in [1.82, 2.24) is 19.6 Å². The van der Waals surface area contributed by atoms with Crippen LogP contribution in [0.15, 0.2) is 25.3 Å². The van der Waals surface area contributed by atoms with Crippen LogP contribution in [-0.2, 0) is 9.59 Å². The number of carbonyl (C=O) groups is 2. The third-order valence-electron chi connectivity index (χ3n) is 6.82. The number of piperazine rings is 2. The van der Waals surface area contributed by atoms with Gasteiger partial charge in [-0.1, -0.05) is 13.2 Å². The van der Waals surface area contributed by atoms with Crippen molar-refractivity contribution in [3.63, 3.8) is 0 Å². The van der Waals surface area contributed by atoms with Gasteiger partial charge in [-0.05, 0) is 66.5 Å². The highest BCUT2D eigenvalue weighted by Gasteiger charge is 2.38. The summed E-state index contributed by atoms with van der Waals surface area (Å²) in [6.45, 7) is 23.9. The van der Waals surface area contributed by atoms with Gasteiger partial charge >= 0.3 is 0 Å². The van der Waals surface area contributed by atoms with Crippen molar-refractivity contribution in [2.75, 3.05) is 26.2 Å². The van der Waals surface area contributed by atoms with Gasteiger partial charge < -0.3 is 9.80 Å². The first-order valence-corrected chi connectivity index (χ1v) is 11.5. The van der Waals surface area contributed by atoms with Crippen LogP contribution in [-0.4, -0.2) is 93.8 Å². The highest BCUT2D eigenvalue weighted by atomic mass is 16.2. The van der Waals surface area contributed by atoms with E-state index in [0.717, 1.165) is 39.0 Å². The standard InChI is InChI=1S/C24H42N4O2/c1-9-23(29)27-14-19(7)26(18(5)6)16-21(27)11-12-22-15-25(17(3)4)13-20(8)28(22)24(30)10-2/h9-10,17-22H,1-2,11-16H2,3-8H3/t19-,20+,21+,22-/m0/s1. The summed E-state index contributed by atoms with van der Waals surface area (Å²) < 4.78 is 0. The normalized spacial score (nSPS) is 28.8. The topological polar surface area (TPSA) is 47.1 Å². The molecule has 2 aliphatic rings. The molecule has 0 aliphatic carbocycles. The summed E-state index contributed by atoms with van der Waals surface area (Å²) in [6.07, 6.45) is 4.62. The van der Waals surface area contributed by atoms with E-state index >= 15 is 0 Å². The predicted octanol–water partition coefficient (Wildman–Crippen LogP) is 2.76.